The molecular formula is C22H21ClF5N5O. The van der Waals surface area contributed by atoms with Crippen LogP contribution in [0.2, 0.25) is 5.15 Å². The SMILES string of the molecule is CN(C)CCCOc1cc(F)c(-c2c(Cl)nc(-c3ccccn3)nc2NCC(F)(F)F)c(F)c1. The third kappa shape index (κ3) is 6.73. The topological polar surface area (TPSA) is 63.2 Å². The van der Waals surface area contributed by atoms with Gasteiger partial charge in [0.2, 0.25) is 0 Å². The van der Waals surface area contributed by atoms with Crippen LogP contribution < -0.4 is 10.1 Å². The van der Waals surface area contributed by atoms with Gasteiger partial charge in [-0.3, -0.25) is 4.98 Å². The Balaban J connectivity index is 2.01. The smallest absolute Gasteiger partial charge is 0.405 e. The van der Waals surface area contributed by atoms with Gasteiger partial charge in [-0.05, 0) is 32.6 Å². The van der Waals surface area contributed by atoms with Gasteiger partial charge < -0.3 is 15.0 Å². The van der Waals surface area contributed by atoms with Gasteiger partial charge in [0.05, 0.1) is 17.7 Å². The Morgan fingerprint density at radius 1 is 1.06 bits per heavy atom. The predicted molar refractivity (Wildman–Crippen MR) is 119 cm³/mol. The van der Waals surface area contributed by atoms with Gasteiger partial charge in [0.15, 0.2) is 5.82 Å². The first-order chi connectivity index (χ1) is 16.0. The van der Waals surface area contributed by atoms with E-state index in [-0.39, 0.29) is 23.9 Å². The van der Waals surface area contributed by atoms with Crippen LogP contribution in [0, 0.1) is 11.6 Å². The maximum absolute atomic E-state index is 15.0. The zero-order valence-corrected chi connectivity index (χ0v) is 19.0. The monoisotopic (exact) mass is 501 g/mol. The van der Waals surface area contributed by atoms with Crippen molar-refractivity contribution in [1.82, 2.24) is 19.9 Å². The lowest BCUT2D eigenvalue weighted by molar-refractivity contribution is -0.115. The standard InChI is InChI=1S/C22H21ClF5N5O/c1-33(2)8-5-9-34-13-10-14(24)17(15(25)11-13)18-19(23)31-20(16-6-3-4-7-29-16)32-21(18)30-12-22(26,27)28/h3-4,6-7,10-11H,5,8-9,12H2,1-2H3,(H,30,31,32). The minimum absolute atomic E-state index is 0.0653. The summed E-state index contributed by atoms with van der Waals surface area (Å²) in [4.78, 5) is 14.0. The van der Waals surface area contributed by atoms with Crippen molar-refractivity contribution in [2.24, 2.45) is 0 Å². The maximum atomic E-state index is 15.0. The Hall–Kier alpha value is -3.05. The average molecular weight is 502 g/mol. The fourth-order valence-electron chi connectivity index (χ4n) is 3.02. The number of ether oxygens (including phenoxy) is 1. The van der Waals surface area contributed by atoms with E-state index in [1.165, 1.54) is 12.3 Å². The zero-order chi connectivity index (χ0) is 24.9. The lowest BCUT2D eigenvalue weighted by atomic mass is 10.1. The van der Waals surface area contributed by atoms with Crippen LogP contribution >= 0.6 is 11.6 Å². The van der Waals surface area contributed by atoms with E-state index in [0.29, 0.717) is 13.0 Å². The molecule has 0 fully saturated rings. The molecule has 1 aromatic carbocycles. The Morgan fingerprint density at radius 3 is 2.35 bits per heavy atom. The number of aromatic nitrogens is 3. The van der Waals surface area contributed by atoms with Crippen molar-refractivity contribution >= 4 is 17.4 Å². The molecule has 0 unspecified atom stereocenters. The molecule has 2 heterocycles. The number of alkyl halides is 3. The van der Waals surface area contributed by atoms with E-state index in [1.54, 1.807) is 12.1 Å². The summed E-state index contributed by atoms with van der Waals surface area (Å²) < 4.78 is 74.0. The van der Waals surface area contributed by atoms with Crippen LogP contribution in [0.5, 0.6) is 5.75 Å². The lowest BCUT2D eigenvalue weighted by Crippen LogP contribution is -2.22. The fourth-order valence-corrected chi connectivity index (χ4v) is 3.28. The molecule has 182 valence electrons. The van der Waals surface area contributed by atoms with E-state index >= 15 is 0 Å². The van der Waals surface area contributed by atoms with Gasteiger partial charge in [-0.2, -0.15) is 13.2 Å². The molecule has 0 atom stereocenters. The van der Waals surface area contributed by atoms with E-state index in [2.05, 4.69) is 20.3 Å². The van der Waals surface area contributed by atoms with Crippen LogP contribution in [-0.2, 0) is 0 Å². The highest BCUT2D eigenvalue weighted by Crippen LogP contribution is 2.39. The van der Waals surface area contributed by atoms with Gasteiger partial charge in [0.1, 0.15) is 40.6 Å². The Labute approximate surface area is 197 Å². The van der Waals surface area contributed by atoms with Crippen LogP contribution in [-0.4, -0.2) is 59.8 Å². The van der Waals surface area contributed by atoms with Crippen LogP contribution in [0.15, 0.2) is 36.5 Å². The molecule has 2 aromatic heterocycles. The third-order valence-electron chi connectivity index (χ3n) is 4.50. The predicted octanol–water partition coefficient (Wildman–Crippen LogP) is 5.44. The molecule has 0 aliphatic heterocycles. The van der Waals surface area contributed by atoms with E-state index in [1.807, 2.05) is 19.0 Å². The van der Waals surface area contributed by atoms with Crippen molar-refractivity contribution < 1.29 is 26.7 Å². The fraction of sp³-hybridized carbons (Fsp3) is 0.318. The van der Waals surface area contributed by atoms with Crippen LogP contribution in [0.4, 0.5) is 27.8 Å². The van der Waals surface area contributed by atoms with E-state index in [0.717, 1.165) is 12.1 Å². The second-order valence-corrected chi connectivity index (χ2v) is 7.87. The number of rotatable bonds is 9. The summed E-state index contributed by atoms with van der Waals surface area (Å²) in [6.45, 7) is -0.574. The molecule has 0 aliphatic carbocycles. The maximum Gasteiger partial charge on any atom is 0.405 e. The summed E-state index contributed by atoms with van der Waals surface area (Å²) >= 11 is 6.22. The number of halogens is 6. The van der Waals surface area contributed by atoms with E-state index < -0.39 is 46.5 Å². The molecule has 0 spiro atoms. The molecular weight excluding hydrogens is 481 g/mol. The minimum Gasteiger partial charge on any atom is -0.493 e. The highest BCUT2D eigenvalue weighted by Gasteiger charge is 2.29. The molecule has 0 bridgehead atoms. The van der Waals surface area contributed by atoms with Gasteiger partial charge in [-0.1, -0.05) is 17.7 Å². The molecule has 0 aliphatic rings. The first-order valence-corrected chi connectivity index (χ1v) is 10.5. The molecule has 0 amide bonds. The summed E-state index contributed by atoms with van der Waals surface area (Å²) in [5.74, 6) is -2.84. The molecule has 0 saturated carbocycles. The normalized spacial score (nSPS) is 11.7. The van der Waals surface area contributed by atoms with Gasteiger partial charge in [0, 0.05) is 24.9 Å². The van der Waals surface area contributed by atoms with Crippen LogP contribution in [0.25, 0.3) is 22.6 Å². The van der Waals surface area contributed by atoms with Crippen molar-refractivity contribution in [2.75, 3.05) is 39.1 Å². The summed E-state index contributed by atoms with van der Waals surface area (Å²) in [5, 5.41) is 1.62. The highest BCUT2D eigenvalue weighted by molar-refractivity contribution is 6.32. The van der Waals surface area contributed by atoms with Crippen molar-refractivity contribution in [3.8, 4) is 28.4 Å². The lowest BCUT2D eigenvalue weighted by Gasteiger charge is -2.17. The molecule has 34 heavy (non-hydrogen) atoms. The van der Waals surface area contributed by atoms with E-state index in [4.69, 9.17) is 16.3 Å². The molecule has 0 radical (unpaired) electrons. The van der Waals surface area contributed by atoms with Crippen molar-refractivity contribution in [1.29, 1.82) is 0 Å². The number of nitrogens with zero attached hydrogens (tertiary/aromatic N) is 4. The molecule has 1 N–H and O–H groups in total. The quantitative estimate of drug-likeness (QED) is 0.239. The number of pyridine rings is 1. The Morgan fingerprint density at radius 2 is 1.76 bits per heavy atom. The number of nitrogens with one attached hydrogen (secondary N) is 1. The first kappa shape index (κ1) is 25.6. The van der Waals surface area contributed by atoms with Gasteiger partial charge in [-0.15, -0.1) is 0 Å². The Kier molecular flexibility index (Phi) is 8.21. The van der Waals surface area contributed by atoms with Gasteiger partial charge >= 0.3 is 6.18 Å². The second-order valence-electron chi connectivity index (χ2n) is 7.51. The summed E-state index contributed by atoms with van der Waals surface area (Å²) in [5.41, 5.74) is -0.906. The number of hydrogen-bond acceptors (Lipinski definition) is 6. The van der Waals surface area contributed by atoms with Crippen LogP contribution in [0.1, 0.15) is 6.42 Å². The largest absolute Gasteiger partial charge is 0.493 e. The zero-order valence-electron chi connectivity index (χ0n) is 18.3. The highest BCUT2D eigenvalue weighted by atomic mass is 35.5. The first-order valence-electron chi connectivity index (χ1n) is 10.1. The third-order valence-corrected chi connectivity index (χ3v) is 4.77. The molecule has 0 saturated heterocycles. The second kappa shape index (κ2) is 10.9. The van der Waals surface area contributed by atoms with Gasteiger partial charge in [-0.25, -0.2) is 18.7 Å². The molecule has 3 aromatic rings. The number of anilines is 1. The molecule has 6 nitrogen and oxygen atoms in total. The molecule has 12 heteroatoms. The van der Waals surface area contributed by atoms with Gasteiger partial charge in [0.25, 0.3) is 0 Å². The van der Waals surface area contributed by atoms with E-state index in [9.17, 15) is 22.0 Å². The number of hydrogen-bond donors (Lipinski definition) is 1. The van der Waals surface area contributed by atoms with Crippen LogP contribution in [0.3, 0.4) is 0 Å². The van der Waals surface area contributed by atoms with Crippen molar-refractivity contribution in [3.05, 3.63) is 53.3 Å². The Bertz CT molecular complexity index is 1110. The van der Waals surface area contributed by atoms with Crippen molar-refractivity contribution in [2.45, 2.75) is 12.6 Å². The average Bonchev–Trinajstić information content (AvgIpc) is 2.76. The van der Waals surface area contributed by atoms with Crippen molar-refractivity contribution in [3.63, 3.8) is 0 Å². The molecule has 3 rings (SSSR count). The number of benzene rings is 1. The summed E-state index contributed by atoms with van der Waals surface area (Å²) in [6.07, 6.45) is -2.57. The minimum atomic E-state index is -4.62. The summed E-state index contributed by atoms with van der Waals surface area (Å²) in [6, 6.07) is 6.63. The summed E-state index contributed by atoms with van der Waals surface area (Å²) in [7, 11) is 3.76.